The van der Waals surface area contributed by atoms with Crippen LogP contribution in [0.4, 0.5) is 5.00 Å². The highest BCUT2D eigenvalue weighted by molar-refractivity contribution is 7.18. The second kappa shape index (κ2) is 10.6. The van der Waals surface area contributed by atoms with Gasteiger partial charge < -0.3 is 15.4 Å². The van der Waals surface area contributed by atoms with Gasteiger partial charge in [-0.3, -0.25) is 9.59 Å². The third-order valence-corrected chi connectivity index (χ3v) is 5.38. The first-order chi connectivity index (χ1) is 13.9. The van der Waals surface area contributed by atoms with Gasteiger partial charge in [-0.2, -0.15) is 5.26 Å². The van der Waals surface area contributed by atoms with Crippen molar-refractivity contribution < 1.29 is 19.1 Å². The first-order valence-electron chi connectivity index (χ1n) is 8.91. The van der Waals surface area contributed by atoms with Crippen LogP contribution in [-0.4, -0.2) is 30.9 Å². The molecule has 0 saturated carbocycles. The second-order valence-electron chi connectivity index (χ2n) is 6.01. The molecule has 0 saturated heterocycles. The minimum atomic E-state index is -0.517. The Kier molecular flexibility index (Phi) is 8.19. The van der Waals surface area contributed by atoms with Crippen molar-refractivity contribution in [1.82, 2.24) is 5.32 Å². The number of halogens is 1. The summed E-state index contributed by atoms with van der Waals surface area (Å²) in [5.41, 5.74) is 1.22. The van der Waals surface area contributed by atoms with Gasteiger partial charge in [0.25, 0.3) is 5.91 Å². The minimum absolute atomic E-state index is 0.150. The Morgan fingerprint density at radius 2 is 1.93 bits per heavy atom. The Labute approximate surface area is 177 Å². The van der Waals surface area contributed by atoms with Crippen LogP contribution in [0, 0.1) is 18.3 Å². The lowest BCUT2D eigenvalue weighted by Crippen LogP contribution is -2.25. The van der Waals surface area contributed by atoms with E-state index in [0.29, 0.717) is 39.0 Å². The normalized spacial score (nSPS) is 10.1. The monoisotopic (exact) mass is 433 g/mol. The van der Waals surface area contributed by atoms with Crippen LogP contribution < -0.4 is 10.6 Å². The molecule has 29 heavy (non-hydrogen) atoms. The van der Waals surface area contributed by atoms with Gasteiger partial charge in [0.05, 0.1) is 12.2 Å². The van der Waals surface area contributed by atoms with E-state index in [1.54, 1.807) is 38.1 Å². The Bertz CT molecular complexity index is 948. The summed E-state index contributed by atoms with van der Waals surface area (Å²) in [4.78, 5) is 36.5. The zero-order valence-corrected chi connectivity index (χ0v) is 17.6. The molecule has 1 heterocycles. The molecule has 2 aromatic rings. The fourth-order valence-corrected chi connectivity index (χ4v) is 3.66. The fraction of sp³-hybridized carbons (Fsp3) is 0.300. The first-order valence-corrected chi connectivity index (χ1v) is 10.1. The van der Waals surface area contributed by atoms with Crippen LogP contribution in [0.25, 0.3) is 0 Å². The molecule has 0 atom stereocenters. The molecule has 152 valence electrons. The van der Waals surface area contributed by atoms with E-state index in [1.165, 1.54) is 0 Å². The highest BCUT2D eigenvalue weighted by Gasteiger charge is 2.22. The van der Waals surface area contributed by atoms with E-state index in [-0.39, 0.29) is 30.4 Å². The number of nitrogens with one attached hydrogen (secondary N) is 2. The summed E-state index contributed by atoms with van der Waals surface area (Å²) in [6, 6.07) is 8.51. The van der Waals surface area contributed by atoms with E-state index in [1.807, 2.05) is 6.07 Å². The van der Waals surface area contributed by atoms with Gasteiger partial charge in [-0.15, -0.1) is 11.3 Å². The predicted octanol–water partition coefficient (Wildman–Crippen LogP) is 3.91. The molecule has 2 rings (SSSR count). The van der Waals surface area contributed by atoms with Gasteiger partial charge >= 0.3 is 5.97 Å². The molecule has 1 aromatic heterocycles. The zero-order valence-electron chi connectivity index (χ0n) is 16.0. The number of nitrogens with zero attached hydrogens (tertiary/aromatic N) is 1. The Hall–Kier alpha value is -2.89. The Morgan fingerprint density at radius 1 is 1.24 bits per heavy atom. The second-order valence-corrected chi connectivity index (χ2v) is 7.46. The molecule has 9 heteroatoms. The van der Waals surface area contributed by atoms with Crippen LogP contribution in [0.1, 0.15) is 50.9 Å². The highest BCUT2D eigenvalue weighted by atomic mass is 35.5. The number of benzene rings is 1. The van der Waals surface area contributed by atoms with Crippen LogP contribution in [0.5, 0.6) is 0 Å². The maximum atomic E-state index is 12.2. The zero-order chi connectivity index (χ0) is 21.4. The van der Waals surface area contributed by atoms with E-state index in [2.05, 4.69) is 10.6 Å². The lowest BCUT2D eigenvalue weighted by atomic mass is 10.1. The number of rotatable bonds is 8. The maximum absolute atomic E-state index is 12.2. The van der Waals surface area contributed by atoms with Crippen LogP contribution in [0.2, 0.25) is 5.02 Å². The van der Waals surface area contributed by atoms with Crippen molar-refractivity contribution in [3.05, 3.63) is 50.9 Å². The molecule has 2 amide bonds. The smallest absolute Gasteiger partial charge is 0.348 e. The number of anilines is 1. The van der Waals surface area contributed by atoms with Crippen molar-refractivity contribution in [2.45, 2.75) is 26.7 Å². The van der Waals surface area contributed by atoms with E-state index in [9.17, 15) is 19.6 Å². The molecule has 0 fully saturated rings. The molecule has 1 aromatic carbocycles. The molecular weight excluding hydrogens is 414 g/mol. The average Bonchev–Trinajstić information content (AvgIpc) is 3.01. The van der Waals surface area contributed by atoms with Gasteiger partial charge in [-0.05, 0) is 50.1 Å². The SMILES string of the molecule is CCOC(=O)c1sc(NC(=O)CCCNC(=O)c2ccc(Cl)cc2)c(C#N)c1C. The van der Waals surface area contributed by atoms with Crippen molar-refractivity contribution in [2.24, 2.45) is 0 Å². The molecule has 0 unspecified atom stereocenters. The van der Waals surface area contributed by atoms with Crippen molar-refractivity contribution in [3.63, 3.8) is 0 Å². The number of carbonyl (C=O) groups is 3. The summed E-state index contributed by atoms with van der Waals surface area (Å²) < 4.78 is 4.97. The summed E-state index contributed by atoms with van der Waals surface area (Å²) in [5, 5.41) is 15.6. The van der Waals surface area contributed by atoms with Crippen LogP contribution in [0.3, 0.4) is 0 Å². The topological polar surface area (TPSA) is 108 Å². The molecule has 0 aliphatic heterocycles. The molecule has 7 nitrogen and oxygen atoms in total. The lowest BCUT2D eigenvalue weighted by Gasteiger charge is -2.06. The van der Waals surface area contributed by atoms with Crippen molar-refractivity contribution in [3.8, 4) is 6.07 Å². The van der Waals surface area contributed by atoms with Crippen LogP contribution >= 0.6 is 22.9 Å². The quantitative estimate of drug-likeness (QED) is 0.484. The van der Waals surface area contributed by atoms with E-state index in [0.717, 1.165) is 11.3 Å². The summed E-state index contributed by atoms with van der Waals surface area (Å²) in [6.07, 6.45) is 0.569. The molecule has 0 aliphatic carbocycles. The van der Waals surface area contributed by atoms with Gasteiger partial charge in [0, 0.05) is 23.6 Å². The molecular formula is C20H20ClN3O4S. The van der Waals surface area contributed by atoms with E-state index < -0.39 is 5.97 Å². The van der Waals surface area contributed by atoms with Crippen LogP contribution in [0.15, 0.2) is 24.3 Å². The average molecular weight is 434 g/mol. The number of carbonyl (C=O) groups excluding carboxylic acids is 3. The van der Waals surface area contributed by atoms with Gasteiger partial charge in [-0.25, -0.2) is 4.79 Å². The Morgan fingerprint density at radius 3 is 2.55 bits per heavy atom. The number of amides is 2. The largest absolute Gasteiger partial charge is 0.462 e. The van der Waals surface area contributed by atoms with Crippen molar-refractivity contribution in [1.29, 1.82) is 5.26 Å². The molecule has 2 N–H and O–H groups in total. The van der Waals surface area contributed by atoms with E-state index >= 15 is 0 Å². The molecule has 0 radical (unpaired) electrons. The van der Waals surface area contributed by atoms with Crippen molar-refractivity contribution >= 4 is 45.7 Å². The lowest BCUT2D eigenvalue weighted by molar-refractivity contribution is -0.116. The first kappa shape index (κ1) is 22.4. The van der Waals surface area contributed by atoms with Crippen LogP contribution in [-0.2, 0) is 9.53 Å². The van der Waals surface area contributed by atoms with Gasteiger partial charge in [-0.1, -0.05) is 11.6 Å². The van der Waals surface area contributed by atoms with Gasteiger partial charge in [0.2, 0.25) is 5.91 Å². The summed E-state index contributed by atoms with van der Waals surface area (Å²) in [5.74, 6) is -1.07. The fourth-order valence-electron chi connectivity index (χ4n) is 2.47. The highest BCUT2D eigenvalue weighted by Crippen LogP contribution is 2.33. The third kappa shape index (κ3) is 6.04. The number of hydrogen-bond donors (Lipinski definition) is 2. The Balaban J connectivity index is 1.87. The molecule has 0 aliphatic rings. The number of thiophene rings is 1. The number of hydrogen-bond acceptors (Lipinski definition) is 6. The maximum Gasteiger partial charge on any atom is 0.348 e. The summed E-state index contributed by atoms with van der Waals surface area (Å²) in [7, 11) is 0. The number of esters is 1. The van der Waals surface area contributed by atoms with Crippen molar-refractivity contribution in [2.75, 3.05) is 18.5 Å². The number of nitriles is 1. The van der Waals surface area contributed by atoms with Gasteiger partial charge in [0.15, 0.2) is 0 Å². The molecule has 0 spiro atoms. The molecule has 0 bridgehead atoms. The van der Waals surface area contributed by atoms with E-state index in [4.69, 9.17) is 16.3 Å². The number of ether oxygens (including phenoxy) is 1. The standard InChI is InChI=1S/C20H20ClN3O4S/c1-3-28-20(27)17-12(2)15(11-22)19(29-17)24-16(25)5-4-10-23-18(26)13-6-8-14(21)9-7-13/h6-9H,3-5,10H2,1-2H3,(H,23,26)(H,24,25). The van der Waals surface area contributed by atoms with Gasteiger partial charge in [0.1, 0.15) is 15.9 Å². The minimum Gasteiger partial charge on any atom is -0.462 e. The predicted molar refractivity (Wildman–Crippen MR) is 111 cm³/mol. The third-order valence-electron chi connectivity index (χ3n) is 3.94. The summed E-state index contributed by atoms with van der Waals surface area (Å²) >= 11 is 6.81. The summed E-state index contributed by atoms with van der Waals surface area (Å²) in [6.45, 7) is 3.88.